The van der Waals surface area contributed by atoms with Gasteiger partial charge in [-0.15, -0.1) is 11.8 Å². The third-order valence-corrected chi connectivity index (χ3v) is 6.20. The number of aromatic nitrogens is 2. The number of thioether (sulfide) groups is 1. The molecule has 0 unspecified atom stereocenters. The average molecular weight is 475 g/mol. The molecule has 0 aliphatic rings. The summed E-state index contributed by atoms with van der Waals surface area (Å²) < 4.78 is 42.8. The van der Waals surface area contributed by atoms with E-state index in [0.717, 1.165) is 18.9 Å². The maximum atomic E-state index is 12.8. The highest BCUT2D eigenvalue weighted by atomic mass is 35.5. The van der Waals surface area contributed by atoms with Crippen LogP contribution in [0.15, 0.2) is 46.0 Å². The molecule has 0 aliphatic heterocycles. The van der Waals surface area contributed by atoms with E-state index in [4.69, 9.17) is 25.8 Å². The van der Waals surface area contributed by atoms with Crippen molar-refractivity contribution < 1.29 is 27.4 Å². The highest BCUT2D eigenvalue weighted by Crippen LogP contribution is 2.25. The molecule has 1 aromatic heterocycles. The molecule has 0 spiro atoms. The molecule has 0 saturated heterocycles. The van der Waals surface area contributed by atoms with Crippen molar-refractivity contribution in [1.29, 1.82) is 0 Å². The number of halogens is 1. The van der Waals surface area contributed by atoms with Gasteiger partial charge in [-0.3, -0.25) is 4.72 Å². The molecule has 162 valence electrons. The van der Waals surface area contributed by atoms with Gasteiger partial charge in [-0.25, -0.2) is 13.2 Å². The number of nitrogens with zero attached hydrogens (tertiary/aromatic N) is 2. The zero-order chi connectivity index (χ0) is 22.3. The minimum absolute atomic E-state index is 0.0268. The second-order valence-corrected chi connectivity index (χ2v) is 8.21. The maximum Gasteiger partial charge on any atom is 0.357 e. The lowest BCUT2D eigenvalue weighted by Crippen LogP contribution is -2.27. The van der Waals surface area contributed by atoms with Gasteiger partial charge in [0.2, 0.25) is 17.7 Å². The lowest BCUT2D eigenvalue weighted by Gasteiger charge is -2.16. The van der Waals surface area contributed by atoms with Crippen LogP contribution in [0.3, 0.4) is 0 Å². The van der Waals surface area contributed by atoms with Crippen LogP contribution in [0.25, 0.3) is 0 Å². The van der Waals surface area contributed by atoms with Crippen molar-refractivity contribution in [2.75, 3.05) is 32.9 Å². The number of sulfonamides is 1. The smallest absolute Gasteiger partial charge is 0.357 e. The summed E-state index contributed by atoms with van der Waals surface area (Å²) in [6, 6.07) is 7.33. The van der Waals surface area contributed by atoms with Gasteiger partial charge in [0.05, 0.1) is 32.4 Å². The molecule has 0 aliphatic carbocycles. The van der Waals surface area contributed by atoms with Crippen LogP contribution >= 0.6 is 23.4 Å². The largest absolute Gasteiger partial charge is 0.481 e. The van der Waals surface area contributed by atoms with Gasteiger partial charge in [0.1, 0.15) is 9.92 Å². The normalized spacial score (nSPS) is 11.9. The molecule has 10 nitrogen and oxygen atoms in total. The zero-order valence-corrected chi connectivity index (χ0v) is 18.8. The first-order chi connectivity index (χ1) is 14.2. The first-order valence-electron chi connectivity index (χ1n) is 8.13. The number of anilines is 1. The van der Waals surface area contributed by atoms with E-state index >= 15 is 0 Å². The predicted molar refractivity (Wildman–Crippen MR) is 113 cm³/mol. The molecule has 0 radical (unpaired) electrons. The second kappa shape index (κ2) is 10.4. The number of hydrogen-bond donors (Lipinski definition) is 2. The van der Waals surface area contributed by atoms with Crippen LogP contribution in [0, 0.1) is 0 Å². The van der Waals surface area contributed by atoms with Crippen molar-refractivity contribution in [3.8, 4) is 11.8 Å². The molecule has 0 atom stereocenters. The van der Waals surface area contributed by atoms with Gasteiger partial charge < -0.3 is 19.5 Å². The van der Waals surface area contributed by atoms with Crippen LogP contribution in [-0.4, -0.2) is 51.9 Å². The van der Waals surface area contributed by atoms with Gasteiger partial charge in [0.15, 0.2) is 5.70 Å². The molecular formula is C17H19ClN4O6S2. The molecule has 1 aromatic carbocycles. The van der Waals surface area contributed by atoms with Crippen molar-refractivity contribution >= 4 is 45.3 Å². The molecule has 2 aromatic rings. The summed E-state index contributed by atoms with van der Waals surface area (Å²) in [5, 5.41) is 2.62. The summed E-state index contributed by atoms with van der Waals surface area (Å²) in [4.78, 5) is 20.4. The quantitative estimate of drug-likeness (QED) is 0.412. The summed E-state index contributed by atoms with van der Waals surface area (Å²) in [7, 11) is -0.162. The molecule has 0 fully saturated rings. The number of carbonyl (C=O) groups excluding carboxylic acids is 1. The Labute approximate surface area is 183 Å². The van der Waals surface area contributed by atoms with E-state index in [9.17, 15) is 13.2 Å². The Morgan fingerprint density at radius 1 is 1.10 bits per heavy atom. The first-order valence-corrected chi connectivity index (χ1v) is 11.2. The fourth-order valence-corrected chi connectivity index (χ4v) is 4.60. The highest BCUT2D eigenvalue weighted by Gasteiger charge is 2.24. The average Bonchev–Trinajstić information content (AvgIpc) is 2.75. The van der Waals surface area contributed by atoms with E-state index in [0.29, 0.717) is 0 Å². The van der Waals surface area contributed by atoms with Gasteiger partial charge in [-0.05, 0) is 18.4 Å². The van der Waals surface area contributed by atoms with E-state index in [-0.39, 0.29) is 38.4 Å². The number of methoxy groups -OCH3 is 3. The molecule has 0 saturated carbocycles. The second-order valence-electron chi connectivity index (χ2n) is 5.34. The monoisotopic (exact) mass is 474 g/mol. The molecule has 2 rings (SSSR count). The van der Waals surface area contributed by atoms with Crippen LogP contribution in [0.4, 0.5) is 5.95 Å². The van der Waals surface area contributed by atoms with E-state index in [1.165, 1.54) is 38.5 Å². The van der Waals surface area contributed by atoms with E-state index < -0.39 is 16.0 Å². The number of ether oxygens (including phenoxy) is 3. The van der Waals surface area contributed by atoms with Crippen LogP contribution in [-0.2, 0) is 19.6 Å². The van der Waals surface area contributed by atoms with Crippen molar-refractivity contribution in [3.63, 3.8) is 0 Å². The standard InChI is InChI=1S/C17H19ClN4O6S2/c1-26-12-9-13(27-2)20-17(19-12)21-14(16(23)28-3)15(29-4)22-30(24,25)11-8-6-5-7-10(11)18/h5-9,22H,1-4H3,(H,19,20,21)/b15-14+. The summed E-state index contributed by atoms with van der Waals surface area (Å²) in [6.45, 7) is 0. The van der Waals surface area contributed by atoms with Crippen molar-refractivity contribution in [2.45, 2.75) is 4.90 Å². The van der Waals surface area contributed by atoms with E-state index in [1.54, 1.807) is 12.3 Å². The maximum absolute atomic E-state index is 12.8. The number of nitrogens with one attached hydrogen (secondary N) is 2. The molecule has 1 heterocycles. The molecule has 13 heteroatoms. The Kier molecular flexibility index (Phi) is 8.15. The summed E-state index contributed by atoms with van der Waals surface area (Å²) in [5.74, 6) is -0.603. The lowest BCUT2D eigenvalue weighted by molar-refractivity contribution is -0.135. The number of hydrogen-bond acceptors (Lipinski definition) is 10. The number of benzene rings is 1. The third kappa shape index (κ3) is 5.68. The lowest BCUT2D eigenvalue weighted by atomic mass is 10.4. The summed E-state index contributed by atoms with van der Waals surface area (Å²) >= 11 is 6.96. The van der Waals surface area contributed by atoms with E-state index in [1.807, 2.05) is 0 Å². The molecule has 0 bridgehead atoms. The summed E-state index contributed by atoms with van der Waals surface area (Å²) in [5.41, 5.74) is -0.240. The molecule has 30 heavy (non-hydrogen) atoms. The van der Waals surface area contributed by atoms with Crippen molar-refractivity contribution in [2.24, 2.45) is 0 Å². The van der Waals surface area contributed by atoms with Crippen LogP contribution in [0.1, 0.15) is 0 Å². The zero-order valence-electron chi connectivity index (χ0n) is 16.4. The van der Waals surface area contributed by atoms with Gasteiger partial charge in [-0.1, -0.05) is 23.7 Å². The highest BCUT2D eigenvalue weighted by molar-refractivity contribution is 8.03. The molecule has 2 N–H and O–H groups in total. The van der Waals surface area contributed by atoms with E-state index in [2.05, 4.69) is 20.0 Å². The molecular weight excluding hydrogens is 456 g/mol. The minimum atomic E-state index is -4.11. The fraction of sp³-hybridized carbons (Fsp3) is 0.235. The fourth-order valence-electron chi connectivity index (χ4n) is 2.12. The number of esters is 1. The molecule has 0 amide bonds. The Morgan fingerprint density at radius 2 is 1.70 bits per heavy atom. The summed E-state index contributed by atoms with van der Waals surface area (Å²) in [6.07, 6.45) is 1.57. The van der Waals surface area contributed by atoms with Crippen molar-refractivity contribution in [3.05, 3.63) is 46.1 Å². The van der Waals surface area contributed by atoms with Gasteiger partial charge in [-0.2, -0.15) is 9.97 Å². The van der Waals surface area contributed by atoms with Gasteiger partial charge in [0, 0.05) is 0 Å². The SMILES string of the molecule is COC(=O)/C(Nc1nc(OC)cc(OC)n1)=C(/NS(=O)(=O)c1ccccc1Cl)SC. The predicted octanol–water partition coefficient (Wildman–Crippen LogP) is 2.24. The first kappa shape index (κ1) is 23.6. The third-order valence-electron chi connectivity index (χ3n) is 3.51. The number of carbonyl (C=O) groups is 1. The Hall–Kier alpha value is -2.70. The van der Waals surface area contributed by atoms with Gasteiger partial charge in [0.25, 0.3) is 10.0 Å². The van der Waals surface area contributed by atoms with Crippen LogP contribution in [0.2, 0.25) is 5.02 Å². The minimum Gasteiger partial charge on any atom is -0.481 e. The topological polar surface area (TPSA) is 129 Å². The van der Waals surface area contributed by atoms with Crippen LogP contribution in [0.5, 0.6) is 11.8 Å². The number of rotatable bonds is 9. The van der Waals surface area contributed by atoms with Crippen LogP contribution < -0.4 is 19.5 Å². The van der Waals surface area contributed by atoms with Gasteiger partial charge >= 0.3 is 5.97 Å². The van der Waals surface area contributed by atoms with Crippen molar-refractivity contribution in [1.82, 2.24) is 14.7 Å². The Morgan fingerprint density at radius 3 is 2.20 bits per heavy atom. The Balaban J connectivity index is 2.51. The Bertz CT molecular complexity index is 1040.